The van der Waals surface area contributed by atoms with E-state index >= 15 is 0 Å². The molecule has 0 spiro atoms. The van der Waals surface area contributed by atoms with Gasteiger partial charge in [0.1, 0.15) is 0 Å². The Morgan fingerprint density at radius 3 is 2.93 bits per heavy atom. The normalized spacial score (nSPS) is 25.5. The lowest BCUT2D eigenvalue weighted by Crippen LogP contribution is -2.33. The molecule has 2 fully saturated rings. The Morgan fingerprint density at radius 2 is 2.33 bits per heavy atom. The van der Waals surface area contributed by atoms with Crippen LogP contribution in [0.15, 0.2) is 12.7 Å². The van der Waals surface area contributed by atoms with E-state index in [1.807, 2.05) is 4.90 Å². The molecule has 1 saturated heterocycles. The predicted octanol–water partition coefficient (Wildman–Crippen LogP) is 0.299. The molecular formula is C11H16N2O2. The quantitative estimate of drug-likeness (QED) is 0.675. The van der Waals surface area contributed by atoms with Gasteiger partial charge >= 0.3 is 0 Å². The summed E-state index contributed by atoms with van der Waals surface area (Å²) in [5.41, 5.74) is 0. The van der Waals surface area contributed by atoms with E-state index in [2.05, 4.69) is 11.9 Å². The first kappa shape index (κ1) is 10.2. The van der Waals surface area contributed by atoms with Crippen LogP contribution in [0.1, 0.15) is 19.3 Å². The smallest absolute Gasteiger partial charge is 0.225 e. The van der Waals surface area contributed by atoms with E-state index < -0.39 is 0 Å². The lowest BCUT2D eigenvalue weighted by Gasteiger charge is -2.14. The summed E-state index contributed by atoms with van der Waals surface area (Å²) >= 11 is 0. The predicted molar refractivity (Wildman–Crippen MR) is 56.0 cm³/mol. The number of hydrogen-bond acceptors (Lipinski definition) is 2. The Balaban J connectivity index is 1.87. The summed E-state index contributed by atoms with van der Waals surface area (Å²) in [6.45, 7) is 4.62. The van der Waals surface area contributed by atoms with Gasteiger partial charge in [0.2, 0.25) is 11.8 Å². The van der Waals surface area contributed by atoms with Crippen LogP contribution >= 0.6 is 0 Å². The van der Waals surface area contributed by atoms with Crippen molar-refractivity contribution in [1.29, 1.82) is 0 Å². The van der Waals surface area contributed by atoms with E-state index in [0.29, 0.717) is 25.6 Å². The maximum absolute atomic E-state index is 11.6. The highest BCUT2D eigenvalue weighted by Crippen LogP contribution is 2.32. The molecule has 0 aromatic heterocycles. The SMILES string of the molecule is C=CCNC(=O)[C@@H]1CC(=O)N(C2CC2)C1. The summed E-state index contributed by atoms with van der Waals surface area (Å²) < 4.78 is 0. The van der Waals surface area contributed by atoms with Crippen LogP contribution in [0.3, 0.4) is 0 Å². The van der Waals surface area contributed by atoms with Gasteiger partial charge in [-0.1, -0.05) is 6.08 Å². The Kier molecular flexibility index (Phi) is 2.75. The fraction of sp³-hybridized carbons (Fsp3) is 0.636. The molecule has 4 nitrogen and oxygen atoms in total. The zero-order valence-corrected chi connectivity index (χ0v) is 8.74. The first-order valence-corrected chi connectivity index (χ1v) is 5.40. The summed E-state index contributed by atoms with van der Waals surface area (Å²) in [6.07, 6.45) is 4.23. The third-order valence-electron chi connectivity index (χ3n) is 2.94. The Morgan fingerprint density at radius 1 is 1.60 bits per heavy atom. The minimum Gasteiger partial charge on any atom is -0.352 e. The highest BCUT2D eigenvalue weighted by Gasteiger charge is 2.41. The zero-order valence-electron chi connectivity index (χ0n) is 8.74. The van der Waals surface area contributed by atoms with Crippen molar-refractivity contribution in [2.75, 3.05) is 13.1 Å². The van der Waals surface area contributed by atoms with E-state index in [0.717, 1.165) is 12.8 Å². The minimum atomic E-state index is -0.155. The first-order valence-electron chi connectivity index (χ1n) is 5.40. The molecule has 1 atom stereocenters. The van der Waals surface area contributed by atoms with E-state index in [9.17, 15) is 9.59 Å². The van der Waals surface area contributed by atoms with Gasteiger partial charge in [-0.05, 0) is 12.8 Å². The van der Waals surface area contributed by atoms with Gasteiger partial charge < -0.3 is 10.2 Å². The molecule has 0 aromatic carbocycles. The molecule has 1 aliphatic carbocycles. The van der Waals surface area contributed by atoms with Crippen molar-refractivity contribution in [2.24, 2.45) is 5.92 Å². The summed E-state index contributed by atoms with van der Waals surface area (Å²) in [6, 6.07) is 0.426. The molecule has 2 amide bonds. The van der Waals surface area contributed by atoms with Crippen LogP contribution in [0.4, 0.5) is 0 Å². The molecule has 4 heteroatoms. The number of nitrogens with zero attached hydrogens (tertiary/aromatic N) is 1. The van der Waals surface area contributed by atoms with Crippen LogP contribution in [0, 0.1) is 5.92 Å². The minimum absolute atomic E-state index is 0.0219. The molecule has 0 radical (unpaired) electrons. The average Bonchev–Trinajstić information content (AvgIpc) is 2.99. The second-order valence-corrected chi connectivity index (χ2v) is 4.21. The van der Waals surface area contributed by atoms with Crippen molar-refractivity contribution in [3.63, 3.8) is 0 Å². The number of hydrogen-bond donors (Lipinski definition) is 1. The Hall–Kier alpha value is -1.32. The average molecular weight is 208 g/mol. The van der Waals surface area contributed by atoms with Crippen LogP contribution in [0.2, 0.25) is 0 Å². The van der Waals surface area contributed by atoms with Gasteiger partial charge in [-0.3, -0.25) is 9.59 Å². The van der Waals surface area contributed by atoms with Crippen molar-refractivity contribution < 1.29 is 9.59 Å². The monoisotopic (exact) mass is 208 g/mol. The van der Waals surface area contributed by atoms with Gasteiger partial charge in [-0.2, -0.15) is 0 Å². The van der Waals surface area contributed by atoms with Crippen LogP contribution in [0.5, 0.6) is 0 Å². The molecule has 82 valence electrons. The molecule has 0 aromatic rings. The van der Waals surface area contributed by atoms with Gasteiger partial charge in [0.15, 0.2) is 0 Å². The number of carbonyl (C=O) groups is 2. The van der Waals surface area contributed by atoms with Crippen LogP contribution < -0.4 is 5.32 Å². The molecule has 2 rings (SSSR count). The van der Waals surface area contributed by atoms with Gasteiger partial charge in [0, 0.05) is 25.6 Å². The van der Waals surface area contributed by atoms with Crippen LogP contribution in [-0.4, -0.2) is 35.8 Å². The number of likely N-dealkylation sites (tertiary alicyclic amines) is 1. The molecule has 1 aliphatic heterocycles. The first-order chi connectivity index (χ1) is 7.22. The second kappa shape index (κ2) is 4.04. The zero-order chi connectivity index (χ0) is 10.8. The number of nitrogens with one attached hydrogen (secondary N) is 1. The molecule has 2 aliphatic rings. The molecule has 0 bridgehead atoms. The maximum Gasteiger partial charge on any atom is 0.225 e. The van der Waals surface area contributed by atoms with Gasteiger partial charge in [-0.25, -0.2) is 0 Å². The molecule has 15 heavy (non-hydrogen) atoms. The summed E-state index contributed by atoms with van der Waals surface area (Å²) in [4.78, 5) is 25.0. The standard InChI is InChI=1S/C11H16N2O2/c1-2-5-12-11(15)8-6-10(14)13(7-8)9-3-4-9/h2,8-9H,1,3-7H2,(H,12,15)/t8-/m1/s1. The maximum atomic E-state index is 11.6. The van der Waals surface area contributed by atoms with Gasteiger partial charge in [0.25, 0.3) is 0 Å². The van der Waals surface area contributed by atoms with Crippen molar-refractivity contribution in [1.82, 2.24) is 10.2 Å². The summed E-state index contributed by atoms with van der Waals surface area (Å²) in [7, 11) is 0. The van der Waals surface area contributed by atoms with Crippen molar-refractivity contribution in [3.05, 3.63) is 12.7 Å². The van der Waals surface area contributed by atoms with Crippen molar-refractivity contribution in [3.8, 4) is 0 Å². The topological polar surface area (TPSA) is 49.4 Å². The molecule has 0 unspecified atom stereocenters. The van der Waals surface area contributed by atoms with Crippen LogP contribution in [-0.2, 0) is 9.59 Å². The molecule has 1 heterocycles. The number of amides is 2. The highest BCUT2D eigenvalue weighted by molar-refractivity contribution is 5.89. The second-order valence-electron chi connectivity index (χ2n) is 4.21. The van der Waals surface area contributed by atoms with Gasteiger partial charge in [0.05, 0.1) is 5.92 Å². The fourth-order valence-electron chi connectivity index (χ4n) is 1.96. The molecule has 1 saturated carbocycles. The summed E-state index contributed by atoms with van der Waals surface area (Å²) in [5, 5.41) is 2.74. The van der Waals surface area contributed by atoms with Crippen molar-refractivity contribution in [2.45, 2.75) is 25.3 Å². The van der Waals surface area contributed by atoms with Crippen molar-refractivity contribution >= 4 is 11.8 Å². The number of rotatable bonds is 4. The molecular weight excluding hydrogens is 192 g/mol. The number of carbonyl (C=O) groups excluding carboxylic acids is 2. The fourth-order valence-corrected chi connectivity index (χ4v) is 1.96. The van der Waals surface area contributed by atoms with E-state index in [-0.39, 0.29) is 17.7 Å². The van der Waals surface area contributed by atoms with Crippen LogP contribution in [0.25, 0.3) is 0 Å². The molecule has 1 N–H and O–H groups in total. The van der Waals surface area contributed by atoms with E-state index in [4.69, 9.17) is 0 Å². The lowest BCUT2D eigenvalue weighted by atomic mass is 10.1. The van der Waals surface area contributed by atoms with Gasteiger partial charge in [-0.15, -0.1) is 6.58 Å². The third kappa shape index (κ3) is 2.19. The Labute approximate surface area is 89.3 Å². The Bertz CT molecular complexity index is 297. The highest BCUT2D eigenvalue weighted by atomic mass is 16.2. The summed E-state index contributed by atoms with van der Waals surface area (Å²) in [5.74, 6) is -0.0410. The van der Waals surface area contributed by atoms with E-state index in [1.165, 1.54) is 0 Å². The lowest BCUT2D eigenvalue weighted by molar-refractivity contribution is -0.129. The van der Waals surface area contributed by atoms with E-state index in [1.54, 1.807) is 6.08 Å². The largest absolute Gasteiger partial charge is 0.352 e. The third-order valence-corrected chi connectivity index (χ3v) is 2.94.